The second kappa shape index (κ2) is 9.59. The van der Waals surface area contributed by atoms with Crippen molar-refractivity contribution in [1.29, 1.82) is 0 Å². The van der Waals surface area contributed by atoms with Crippen LogP contribution >= 0.6 is 0 Å². The fourth-order valence-electron chi connectivity index (χ4n) is 3.26. The maximum absolute atomic E-state index is 12.9. The van der Waals surface area contributed by atoms with Gasteiger partial charge in [-0.05, 0) is 58.4 Å². The van der Waals surface area contributed by atoms with E-state index in [4.69, 9.17) is 4.74 Å². The van der Waals surface area contributed by atoms with Crippen LogP contribution in [0.5, 0.6) is 0 Å². The second-order valence-corrected chi connectivity index (χ2v) is 7.78. The van der Waals surface area contributed by atoms with E-state index in [1.165, 1.54) is 0 Å². The molecule has 0 bridgehead atoms. The van der Waals surface area contributed by atoms with Gasteiger partial charge >= 0.3 is 0 Å². The van der Waals surface area contributed by atoms with E-state index in [0.717, 1.165) is 22.0 Å². The number of benzene rings is 2. The third kappa shape index (κ3) is 5.27. The zero-order chi connectivity index (χ0) is 21.7. The summed E-state index contributed by atoms with van der Waals surface area (Å²) in [4.78, 5) is 28.9. The molecule has 1 heterocycles. The first-order valence-corrected chi connectivity index (χ1v) is 10.3. The van der Waals surface area contributed by atoms with Crippen molar-refractivity contribution >= 4 is 28.4 Å². The molecule has 0 aliphatic heterocycles. The highest BCUT2D eigenvalue weighted by Gasteiger charge is 2.20. The summed E-state index contributed by atoms with van der Waals surface area (Å²) in [7, 11) is 0. The minimum atomic E-state index is -0.257. The molecular weight excluding hydrogens is 378 g/mol. The van der Waals surface area contributed by atoms with Crippen molar-refractivity contribution < 1.29 is 14.3 Å². The van der Waals surface area contributed by atoms with E-state index in [2.05, 4.69) is 15.6 Å². The van der Waals surface area contributed by atoms with Crippen LogP contribution in [0.15, 0.2) is 42.5 Å². The average molecular weight is 408 g/mol. The molecule has 30 heavy (non-hydrogen) atoms. The standard InChI is InChI=1S/C24H29N3O3/c1-15(2)30-12-6-11-25-24(29)22-21(19-14-17(4)9-10-20(19)26-22)27-23(28)18-8-5-7-16(3)13-18/h5,7-10,13-15,26H,6,11-12H2,1-4H3,(H,25,29)(H,27,28). The summed E-state index contributed by atoms with van der Waals surface area (Å²) < 4.78 is 5.51. The van der Waals surface area contributed by atoms with E-state index in [0.29, 0.717) is 36.5 Å². The largest absolute Gasteiger partial charge is 0.379 e. The molecular formula is C24H29N3O3. The van der Waals surface area contributed by atoms with Crippen LogP contribution in [-0.2, 0) is 4.74 Å². The lowest BCUT2D eigenvalue weighted by Crippen LogP contribution is -2.27. The van der Waals surface area contributed by atoms with Crippen molar-refractivity contribution in [3.63, 3.8) is 0 Å². The van der Waals surface area contributed by atoms with Gasteiger partial charge in [-0.25, -0.2) is 0 Å². The number of anilines is 1. The summed E-state index contributed by atoms with van der Waals surface area (Å²) in [6.45, 7) is 8.95. The Bertz CT molecular complexity index is 1050. The summed E-state index contributed by atoms with van der Waals surface area (Å²) in [6, 6.07) is 13.2. The number of aryl methyl sites for hydroxylation is 2. The number of H-pyrrole nitrogens is 1. The van der Waals surface area contributed by atoms with Crippen LogP contribution in [0.2, 0.25) is 0 Å². The molecule has 0 saturated carbocycles. The van der Waals surface area contributed by atoms with Crippen LogP contribution < -0.4 is 10.6 Å². The third-order valence-electron chi connectivity index (χ3n) is 4.76. The number of amides is 2. The van der Waals surface area contributed by atoms with E-state index in [9.17, 15) is 9.59 Å². The van der Waals surface area contributed by atoms with Gasteiger partial charge < -0.3 is 20.4 Å². The Morgan fingerprint density at radius 3 is 2.53 bits per heavy atom. The minimum Gasteiger partial charge on any atom is -0.379 e. The van der Waals surface area contributed by atoms with Crippen LogP contribution in [0, 0.1) is 13.8 Å². The predicted molar refractivity (Wildman–Crippen MR) is 120 cm³/mol. The van der Waals surface area contributed by atoms with Crippen LogP contribution in [0.25, 0.3) is 10.9 Å². The summed E-state index contributed by atoms with van der Waals surface area (Å²) in [5.41, 5.74) is 4.24. The second-order valence-electron chi connectivity index (χ2n) is 7.78. The van der Waals surface area contributed by atoms with Gasteiger partial charge in [-0.3, -0.25) is 9.59 Å². The number of ether oxygens (including phenoxy) is 1. The van der Waals surface area contributed by atoms with Gasteiger partial charge in [-0.2, -0.15) is 0 Å². The lowest BCUT2D eigenvalue weighted by molar-refractivity contribution is 0.0756. The molecule has 2 aromatic carbocycles. The third-order valence-corrected chi connectivity index (χ3v) is 4.76. The van der Waals surface area contributed by atoms with Gasteiger partial charge in [0.2, 0.25) is 0 Å². The van der Waals surface area contributed by atoms with Crippen LogP contribution in [-0.4, -0.2) is 36.1 Å². The van der Waals surface area contributed by atoms with Gasteiger partial charge in [-0.1, -0.05) is 29.3 Å². The first-order chi connectivity index (χ1) is 14.3. The summed E-state index contributed by atoms with van der Waals surface area (Å²) in [5, 5.41) is 6.66. The predicted octanol–water partition coefficient (Wildman–Crippen LogP) is 4.58. The van der Waals surface area contributed by atoms with Crippen molar-refractivity contribution in [2.24, 2.45) is 0 Å². The Kier molecular flexibility index (Phi) is 6.90. The minimum absolute atomic E-state index is 0.168. The van der Waals surface area contributed by atoms with Gasteiger partial charge in [0, 0.05) is 29.6 Å². The Balaban J connectivity index is 1.83. The van der Waals surface area contributed by atoms with Crippen LogP contribution in [0.4, 0.5) is 5.69 Å². The average Bonchev–Trinajstić information content (AvgIpc) is 3.05. The van der Waals surface area contributed by atoms with Gasteiger partial charge in [0.25, 0.3) is 11.8 Å². The molecule has 0 radical (unpaired) electrons. The van der Waals surface area contributed by atoms with Crippen molar-refractivity contribution in [3.8, 4) is 0 Å². The van der Waals surface area contributed by atoms with Gasteiger partial charge in [0.15, 0.2) is 0 Å². The van der Waals surface area contributed by atoms with Crippen molar-refractivity contribution in [2.75, 3.05) is 18.5 Å². The monoisotopic (exact) mass is 407 g/mol. The molecule has 6 heteroatoms. The number of carbonyl (C=O) groups excluding carboxylic acids is 2. The van der Waals surface area contributed by atoms with E-state index in [1.807, 2.05) is 64.1 Å². The number of hydrogen-bond acceptors (Lipinski definition) is 3. The zero-order valence-corrected chi connectivity index (χ0v) is 18.0. The van der Waals surface area contributed by atoms with Crippen LogP contribution in [0.1, 0.15) is 52.2 Å². The molecule has 6 nitrogen and oxygen atoms in total. The highest BCUT2D eigenvalue weighted by Crippen LogP contribution is 2.29. The molecule has 3 aromatic rings. The number of rotatable bonds is 8. The number of aromatic nitrogens is 1. The molecule has 0 aliphatic rings. The molecule has 0 aliphatic carbocycles. The van der Waals surface area contributed by atoms with Crippen molar-refractivity contribution in [2.45, 2.75) is 40.2 Å². The number of carbonyl (C=O) groups is 2. The topological polar surface area (TPSA) is 83.2 Å². The molecule has 0 fully saturated rings. The zero-order valence-electron chi connectivity index (χ0n) is 18.0. The highest BCUT2D eigenvalue weighted by molar-refractivity contribution is 6.15. The molecule has 1 aromatic heterocycles. The number of aromatic amines is 1. The maximum Gasteiger partial charge on any atom is 0.269 e. The van der Waals surface area contributed by atoms with E-state index < -0.39 is 0 Å². The Labute approximate surface area is 177 Å². The van der Waals surface area contributed by atoms with E-state index in [1.54, 1.807) is 6.07 Å². The van der Waals surface area contributed by atoms with E-state index >= 15 is 0 Å². The van der Waals surface area contributed by atoms with Gasteiger partial charge in [0.1, 0.15) is 5.69 Å². The van der Waals surface area contributed by atoms with Gasteiger partial charge in [-0.15, -0.1) is 0 Å². The van der Waals surface area contributed by atoms with Crippen LogP contribution in [0.3, 0.4) is 0 Å². The van der Waals surface area contributed by atoms with Gasteiger partial charge in [0.05, 0.1) is 11.8 Å². The summed E-state index contributed by atoms with van der Waals surface area (Å²) in [6.07, 6.45) is 0.884. The summed E-state index contributed by atoms with van der Waals surface area (Å²) in [5.74, 6) is -0.506. The Hall–Kier alpha value is -3.12. The lowest BCUT2D eigenvalue weighted by Gasteiger charge is -2.10. The first kappa shape index (κ1) is 21.6. The summed E-state index contributed by atoms with van der Waals surface area (Å²) >= 11 is 0. The molecule has 0 saturated heterocycles. The molecule has 3 rings (SSSR count). The quantitative estimate of drug-likeness (QED) is 0.478. The highest BCUT2D eigenvalue weighted by atomic mass is 16.5. The first-order valence-electron chi connectivity index (χ1n) is 10.3. The molecule has 0 spiro atoms. The fourth-order valence-corrected chi connectivity index (χ4v) is 3.26. The Morgan fingerprint density at radius 2 is 1.80 bits per heavy atom. The molecule has 158 valence electrons. The molecule has 3 N–H and O–H groups in total. The molecule has 0 unspecified atom stereocenters. The van der Waals surface area contributed by atoms with Crippen molar-refractivity contribution in [3.05, 3.63) is 64.8 Å². The lowest BCUT2D eigenvalue weighted by atomic mass is 10.1. The Morgan fingerprint density at radius 1 is 1.03 bits per heavy atom. The molecule has 0 atom stereocenters. The number of fused-ring (bicyclic) bond motifs is 1. The molecule has 2 amide bonds. The van der Waals surface area contributed by atoms with Crippen molar-refractivity contribution in [1.82, 2.24) is 10.3 Å². The van der Waals surface area contributed by atoms with E-state index in [-0.39, 0.29) is 17.9 Å². The fraction of sp³-hybridized carbons (Fsp3) is 0.333. The maximum atomic E-state index is 12.9. The number of hydrogen-bond donors (Lipinski definition) is 3. The normalized spacial score (nSPS) is 11.1. The SMILES string of the molecule is Cc1cccc(C(=O)Nc2c(C(=O)NCCCOC(C)C)[nH]c3ccc(C)cc23)c1. The smallest absolute Gasteiger partial charge is 0.269 e. The number of nitrogens with one attached hydrogen (secondary N) is 3.